The molecule has 0 aliphatic rings. The van der Waals surface area contributed by atoms with Crippen LogP contribution in [0.25, 0.3) is 0 Å². The summed E-state index contributed by atoms with van der Waals surface area (Å²) in [5.41, 5.74) is 5.70. The number of anilines is 1. The van der Waals surface area contributed by atoms with Crippen LogP contribution in [0.5, 0.6) is 0 Å². The van der Waals surface area contributed by atoms with Crippen molar-refractivity contribution in [1.82, 2.24) is 0 Å². The predicted molar refractivity (Wildman–Crippen MR) is 54.5 cm³/mol. The number of carbonyl (C=O) groups excluding carboxylic acids is 1. The minimum atomic E-state index is -0.550. The van der Waals surface area contributed by atoms with E-state index < -0.39 is 11.8 Å². The lowest BCUT2D eigenvalue weighted by Crippen LogP contribution is -2.08. The third-order valence-electron chi connectivity index (χ3n) is 1.59. The second kappa shape index (κ2) is 4.41. The summed E-state index contributed by atoms with van der Waals surface area (Å²) >= 11 is 2.96. The molecule has 0 unspecified atom stereocenters. The van der Waals surface area contributed by atoms with E-state index in [1.54, 1.807) is 6.92 Å². The number of halogens is 2. The number of nitrogen functional groups attached to an aromatic ring is 1. The Hall–Kier alpha value is -1.10. The highest BCUT2D eigenvalue weighted by atomic mass is 79.9. The van der Waals surface area contributed by atoms with Gasteiger partial charge in [0.15, 0.2) is 0 Å². The Morgan fingerprint density at radius 2 is 2.29 bits per heavy atom. The SMILES string of the molecule is CCOC(=O)c1cc(Br)c(F)cc1N. The van der Waals surface area contributed by atoms with Gasteiger partial charge in [-0.15, -0.1) is 0 Å². The maximum absolute atomic E-state index is 12.9. The molecule has 0 atom stereocenters. The molecule has 3 nitrogen and oxygen atoms in total. The first-order chi connectivity index (χ1) is 6.56. The fourth-order valence-electron chi connectivity index (χ4n) is 0.948. The normalized spacial score (nSPS) is 9.93. The Balaban J connectivity index is 3.09. The lowest BCUT2D eigenvalue weighted by molar-refractivity contribution is 0.0527. The largest absolute Gasteiger partial charge is 0.462 e. The number of rotatable bonds is 2. The number of hydrogen-bond donors (Lipinski definition) is 1. The van der Waals surface area contributed by atoms with Crippen LogP contribution in [0.4, 0.5) is 10.1 Å². The quantitative estimate of drug-likeness (QED) is 0.657. The summed E-state index contributed by atoms with van der Waals surface area (Å²) in [4.78, 5) is 11.3. The molecule has 76 valence electrons. The van der Waals surface area contributed by atoms with Gasteiger partial charge in [0.05, 0.1) is 16.6 Å². The summed E-state index contributed by atoms with van der Waals surface area (Å²) in [5, 5.41) is 0. The third-order valence-corrected chi connectivity index (χ3v) is 2.20. The molecule has 0 heterocycles. The van der Waals surface area contributed by atoms with E-state index in [2.05, 4.69) is 15.9 Å². The molecule has 0 aliphatic carbocycles. The van der Waals surface area contributed by atoms with Crippen molar-refractivity contribution in [2.24, 2.45) is 0 Å². The van der Waals surface area contributed by atoms with E-state index in [-0.39, 0.29) is 22.3 Å². The van der Waals surface area contributed by atoms with Crippen molar-refractivity contribution in [2.75, 3.05) is 12.3 Å². The molecule has 1 aromatic carbocycles. The van der Waals surface area contributed by atoms with E-state index in [1.165, 1.54) is 6.07 Å². The van der Waals surface area contributed by atoms with Crippen molar-refractivity contribution in [3.05, 3.63) is 28.0 Å². The molecule has 5 heteroatoms. The van der Waals surface area contributed by atoms with E-state index in [0.29, 0.717) is 0 Å². The van der Waals surface area contributed by atoms with Crippen molar-refractivity contribution in [3.63, 3.8) is 0 Å². The average molecular weight is 262 g/mol. The van der Waals surface area contributed by atoms with Crippen LogP contribution in [-0.4, -0.2) is 12.6 Å². The Bertz CT molecular complexity index is 368. The number of nitrogens with two attached hydrogens (primary N) is 1. The third kappa shape index (κ3) is 2.23. The first-order valence-corrected chi connectivity index (χ1v) is 4.77. The fraction of sp³-hybridized carbons (Fsp3) is 0.222. The number of benzene rings is 1. The Labute approximate surface area is 89.2 Å². The zero-order chi connectivity index (χ0) is 10.7. The molecular weight excluding hydrogens is 253 g/mol. The zero-order valence-electron chi connectivity index (χ0n) is 7.51. The summed E-state index contributed by atoms with van der Waals surface area (Å²) in [6.45, 7) is 1.94. The highest BCUT2D eigenvalue weighted by Gasteiger charge is 2.13. The Morgan fingerprint density at radius 1 is 1.64 bits per heavy atom. The highest BCUT2D eigenvalue weighted by molar-refractivity contribution is 9.10. The molecule has 0 aromatic heterocycles. The van der Waals surface area contributed by atoms with Crippen molar-refractivity contribution in [2.45, 2.75) is 6.92 Å². The number of ether oxygens (including phenoxy) is 1. The van der Waals surface area contributed by atoms with E-state index >= 15 is 0 Å². The van der Waals surface area contributed by atoms with Crippen LogP contribution in [0.15, 0.2) is 16.6 Å². The lowest BCUT2D eigenvalue weighted by Gasteiger charge is -2.06. The molecule has 0 bridgehead atoms. The highest BCUT2D eigenvalue weighted by Crippen LogP contribution is 2.23. The van der Waals surface area contributed by atoms with Gasteiger partial charge < -0.3 is 10.5 Å². The summed E-state index contributed by atoms with van der Waals surface area (Å²) < 4.78 is 17.9. The first-order valence-electron chi connectivity index (χ1n) is 3.98. The van der Waals surface area contributed by atoms with Crippen LogP contribution in [0.1, 0.15) is 17.3 Å². The molecule has 0 aliphatic heterocycles. The van der Waals surface area contributed by atoms with Crippen molar-refractivity contribution >= 4 is 27.6 Å². The smallest absolute Gasteiger partial charge is 0.340 e. The molecule has 1 aromatic rings. The summed E-state index contributed by atoms with van der Waals surface area (Å²) in [5.74, 6) is -1.05. The molecule has 2 N–H and O–H groups in total. The van der Waals surface area contributed by atoms with Crippen LogP contribution >= 0.6 is 15.9 Å². The monoisotopic (exact) mass is 261 g/mol. The molecule has 0 spiro atoms. The molecule has 1 rings (SSSR count). The molecule has 0 saturated carbocycles. The minimum absolute atomic E-state index is 0.0733. The van der Waals surface area contributed by atoms with Crippen molar-refractivity contribution < 1.29 is 13.9 Å². The number of hydrogen-bond acceptors (Lipinski definition) is 3. The number of carbonyl (C=O) groups is 1. The average Bonchev–Trinajstić information content (AvgIpc) is 2.11. The molecule has 0 saturated heterocycles. The van der Waals surface area contributed by atoms with E-state index in [0.717, 1.165) is 6.07 Å². The minimum Gasteiger partial charge on any atom is -0.462 e. The van der Waals surface area contributed by atoms with Gasteiger partial charge >= 0.3 is 5.97 Å². The summed E-state index contributed by atoms with van der Waals surface area (Å²) in [6, 6.07) is 2.39. The van der Waals surface area contributed by atoms with Gasteiger partial charge in [-0.3, -0.25) is 0 Å². The fourth-order valence-corrected chi connectivity index (χ4v) is 1.29. The van der Waals surface area contributed by atoms with Crippen LogP contribution in [0, 0.1) is 5.82 Å². The van der Waals surface area contributed by atoms with Gasteiger partial charge in [0.2, 0.25) is 0 Å². The van der Waals surface area contributed by atoms with Crippen LogP contribution in [0.2, 0.25) is 0 Å². The Morgan fingerprint density at radius 3 is 2.86 bits per heavy atom. The second-order valence-corrected chi connectivity index (χ2v) is 3.43. The lowest BCUT2D eigenvalue weighted by atomic mass is 10.2. The second-order valence-electron chi connectivity index (χ2n) is 2.57. The molecule has 0 amide bonds. The van der Waals surface area contributed by atoms with E-state index in [1.807, 2.05) is 0 Å². The van der Waals surface area contributed by atoms with Crippen LogP contribution in [-0.2, 0) is 4.74 Å². The van der Waals surface area contributed by atoms with Crippen LogP contribution in [0.3, 0.4) is 0 Å². The van der Waals surface area contributed by atoms with Gasteiger partial charge in [0.1, 0.15) is 5.82 Å². The topological polar surface area (TPSA) is 52.3 Å². The van der Waals surface area contributed by atoms with Gasteiger partial charge in [0, 0.05) is 5.69 Å². The van der Waals surface area contributed by atoms with Crippen molar-refractivity contribution in [3.8, 4) is 0 Å². The van der Waals surface area contributed by atoms with E-state index in [4.69, 9.17) is 10.5 Å². The molecular formula is C9H9BrFNO2. The standard InChI is InChI=1S/C9H9BrFNO2/c1-2-14-9(13)5-3-6(10)7(11)4-8(5)12/h3-4H,2,12H2,1H3. The maximum atomic E-state index is 12.9. The summed E-state index contributed by atoms with van der Waals surface area (Å²) in [6.07, 6.45) is 0. The zero-order valence-corrected chi connectivity index (χ0v) is 9.10. The molecule has 0 fully saturated rings. The molecule has 14 heavy (non-hydrogen) atoms. The van der Waals surface area contributed by atoms with E-state index in [9.17, 15) is 9.18 Å². The van der Waals surface area contributed by atoms with Crippen LogP contribution < -0.4 is 5.73 Å². The van der Waals surface area contributed by atoms with Crippen molar-refractivity contribution in [1.29, 1.82) is 0 Å². The molecule has 0 radical (unpaired) electrons. The van der Waals surface area contributed by atoms with Gasteiger partial charge in [-0.05, 0) is 35.0 Å². The number of esters is 1. The van der Waals surface area contributed by atoms with Gasteiger partial charge in [-0.25, -0.2) is 9.18 Å². The van der Waals surface area contributed by atoms with Gasteiger partial charge in [-0.1, -0.05) is 0 Å². The van der Waals surface area contributed by atoms with Gasteiger partial charge in [0.25, 0.3) is 0 Å². The summed E-state index contributed by atoms with van der Waals surface area (Å²) in [7, 11) is 0. The van der Waals surface area contributed by atoms with Gasteiger partial charge in [-0.2, -0.15) is 0 Å². The maximum Gasteiger partial charge on any atom is 0.340 e. The Kier molecular flexibility index (Phi) is 3.46. The predicted octanol–water partition coefficient (Wildman–Crippen LogP) is 2.35. The first kappa shape index (κ1) is 11.0.